The molecule has 0 unspecified atom stereocenters. The second-order valence-corrected chi connectivity index (χ2v) is 2.60. The molecule has 0 aliphatic rings. The van der Waals surface area contributed by atoms with Gasteiger partial charge in [0.15, 0.2) is 6.61 Å². The number of hydrogen-bond donors (Lipinski definition) is 3. The fraction of sp³-hybridized carbons (Fsp3) is 0.625. The average Bonchev–Trinajstić information content (AvgIpc) is 2.17. The van der Waals surface area contributed by atoms with Gasteiger partial charge in [-0.1, -0.05) is 0 Å². The zero-order valence-corrected chi connectivity index (χ0v) is 8.82. The highest BCUT2D eigenvalue weighted by molar-refractivity contribution is 5.75. The van der Waals surface area contributed by atoms with Gasteiger partial charge in [-0.3, -0.25) is 9.63 Å². The zero-order chi connectivity index (χ0) is 12.4. The number of carbonyl (C=O) groups excluding carboxylic acids is 2. The Morgan fingerprint density at radius 3 is 2.56 bits per heavy atom. The molecule has 3 N–H and O–H groups in total. The fourth-order valence-electron chi connectivity index (χ4n) is 0.711. The van der Waals surface area contributed by atoms with E-state index in [1.54, 1.807) is 6.92 Å². The van der Waals surface area contributed by atoms with Crippen LogP contribution in [0.15, 0.2) is 0 Å². The summed E-state index contributed by atoms with van der Waals surface area (Å²) in [4.78, 5) is 36.0. The minimum absolute atomic E-state index is 0.0419. The summed E-state index contributed by atoms with van der Waals surface area (Å²) in [5.41, 5.74) is 1.84. The quantitative estimate of drug-likeness (QED) is 0.394. The van der Waals surface area contributed by atoms with Crippen LogP contribution >= 0.6 is 0 Å². The van der Waals surface area contributed by atoms with Crippen molar-refractivity contribution in [2.75, 3.05) is 19.8 Å². The number of esters is 1. The first kappa shape index (κ1) is 14.2. The van der Waals surface area contributed by atoms with Gasteiger partial charge in [-0.15, -0.1) is 0 Å². The van der Waals surface area contributed by atoms with Crippen LogP contribution in [0, 0.1) is 0 Å². The summed E-state index contributed by atoms with van der Waals surface area (Å²) in [6.07, 6.45) is 0.0419. The lowest BCUT2D eigenvalue weighted by atomic mass is 10.4. The third kappa shape index (κ3) is 8.75. The third-order valence-electron chi connectivity index (χ3n) is 1.28. The van der Waals surface area contributed by atoms with Crippen molar-refractivity contribution in [2.45, 2.75) is 13.3 Å². The first-order valence-electron chi connectivity index (χ1n) is 4.59. The fourth-order valence-corrected chi connectivity index (χ4v) is 0.711. The van der Waals surface area contributed by atoms with Crippen LogP contribution in [0.1, 0.15) is 13.3 Å². The minimum atomic E-state index is -1.20. The van der Waals surface area contributed by atoms with E-state index in [-0.39, 0.29) is 19.6 Å². The largest absolute Gasteiger partial charge is 0.479 e. The van der Waals surface area contributed by atoms with Crippen LogP contribution in [0.3, 0.4) is 0 Å². The maximum absolute atomic E-state index is 10.9. The SMILES string of the molecule is CCOC(=O)CCNC(=O)NOCC(=O)O. The van der Waals surface area contributed by atoms with E-state index in [0.717, 1.165) is 0 Å². The molecule has 8 heteroatoms. The van der Waals surface area contributed by atoms with Crippen molar-refractivity contribution in [3.63, 3.8) is 0 Å². The molecule has 2 amide bonds. The molecule has 0 spiro atoms. The zero-order valence-electron chi connectivity index (χ0n) is 8.82. The van der Waals surface area contributed by atoms with Crippen LogP contribution in [0.25, 0.3) is 0 Å². The number of amides is 2. The molecular weight excluding hydrogens is 220 g/mol. The number of carboxylic acids is 1. The standard InChI is InChI=1S/C8H14N2O6/c1-2-15-7(13)3-4-9-8(14)10-16-5-6(11)12/h2-5H2,1H3,(H,11,12)(H2,9,10,14). The highest BCUT2D eigenvalue weighted by atomic mass is 16.7. The molecule has 0 atom stereocenters. The molecule has 0 bridgehead atoms. The van der Waals surface area contributed by atoms with Gasteiger partial charge in [-0.05, 0) is 6.92 Å². The van der Waals surface area contributed by atoms with Gasteiger partial charge >= 0.3 is 18.0 Å². The van der Waals surface area contributed by atoms with Crippen molar-refractivity contribution in [3.8, 4) is 0 Å². The lowest BCUT2D eigenvalue weighted by Gasteiger charge is -2.06. The van der Waals surface area contributed by atoms with E-state index in [2.05, 4.69) is 14.9 Å². The van der Waals surface area contributed by atoms with Crippen molar-refractivity contribution in [1.29, 1.82) is 0 Å². The van der Waals surface area contributed by atoms with E-state index >= 15 is 0 Å². The molecule has 0 rings (SSSR count). The van der Waals surface area contributed by atoms with Gasteiger partial charge in [0.2, 0.25) is 0 Å². The lowest BCUT2D eigenvalue weighted by Crippen LogP contribution is -2.37. The Kier molecular flexibility index (Phi) is 7.51. The molecule has 0 saturated carbocycles. The van der Waals surface area contributed by atoms with Crippen molar-refractivity contribution in [1.82, 2.24) is 10.8 Å². The van der Waals surface area contributed by atoms with Crippen molar-refractivity contribution < 1.29 is 29.1 Å². The molecule has 0 fully saturated rings. The van der Waals surface area contributed by atoms with Gasteiger partial charge in [-0.2, -0.15) is 0 Å². The molecule has 92 valence electrons. The Bertz CT molecular complexity index is 255. The number of aliphatic carboxylic acids is 1. The predicted octanol–water partition coefficient (Wildman–Crippen LogP) is -0.745. The highest BCUT2D eigenvalue weighted by Gasteiger charge is 2.04. The summed E-state index contributed by atoms with van der Waals surface area (Å²) in [7, 11) is 0. The average molecular weight is 234 g/mol. The maximum Gasteiger partial charge on any atom is 0.338 e. The Labute approximate surface area is 91.9 Å². The van der Waals surface area contributed by atoms with Crippen molar-refractivity contribution in [3.05, 3.63) is 0 Å². The van der Waals surface area contributed by atoms with Crippen LogP contribution in [-0.4, -0.2) is 42.8 Å². The first-order valence-corrected chi connectivity index (χ1v) is 4.59. The van der Waals surface area contributed by atoms with E-state index in [0.29, 0.717) is 0 Å². The molecule has 0 aromatic heterocycles. The number of hydrogen-bond acceptors (Lipinski definition) is 5. The van der Waals surface area contributed by atoms with Gasteiger partial charge in [0.05, 0.1) is 13.0 Å². The van der Waals surface area contributed by atoms with E-state index in [1.807, 2.05) is 5.48 Å². The highest BCUT2D eigenvalue weighted by Crippen LogP contribution is 1.83. The number of rotatable bonds is 7. The number of nitrogens with one attached hydrogen (secondary N) is 2. The predicted molar refractivity (Wildman–Crippen MR) is 51.4 cm³/mol. The normalized spacial score (nSPS) is 9.31. The van der Waals surface area contributed by atoms with Crippen LogP contribution < -0.4 is 10.8 Å². The summed E-state index contributed by atoms with van der Waals surface area (Å²) >= 11 is 0. The molecule has 0 radical (unpaired) electrons. The van der Waals surface area contributed by atoms with E-state index in [1.165, 1.54) is 0 Å². The van der Waals surface area contributed by atoms with E-state index in [9.17, 15) is 14.4 Å². The third-order valence-corrected chi connectivity index (χ3v) is 1.28. The molecule has 0 heterocycles. The molecule has 0 saturated heterocycles. The van der Waals surface area contributed by atoms with Crippen LogP contribution in [-0.2, 0) is 19.2 Å². The van der Waals surface area contributed by atoms with Crippen LogP contribution in [0.5, 0.6) is 0 Å². The van der Waals surface area contributed by atoms with E-state index in [4.69, 9.17) is 5.11 Å². The summed E-state index contributed by atoms with van der Waals surface area (Å²) < 4.78 is 4.62. The van der Waals surface area contributed by atoms with Gasteiger partial charge in [0, 0.05) is 6.54 Å². The lowest BCUT2D eigenvalue weighted by molar-refractivity contribution is -0.144. The molecule has 16 heavy (non-hydrogen) atoms. The summed E-state index contributed by atoms with van der Waals surface area (Å²) in [5, 5.41) is 10.5. The number of carboxylic acid groups (broad SMARTS) is 1. The van der Waals surface area contributed by atoms with Gasteiger partial charge in [-0.25, -0.2) is 15.1 Å². The molecule has 0 aliphatic heterocycles. The Balaban J connectivity index is 3.43. The minimum Gasteiger partial charge on any atom is -0.479 e. The molecule has 8 nitrogen and oxygen atoms in total. The number of carbonyl (C=O) groups is 3. The summed E-state index contributed by atoms with van der Waals surface area (Å²) in [6.45, 7) is 1.41. The molecule has 0 aromatic carbocycles. The molecular formula is C8H14N2O6. The maximum atomic E-state index is 10.9. The number of ether oxygens (including phenoxy) is 1. The van der Waals surface area contributed by atoms with Crippen LogP contribution in [0.2, 0.25) is 0 Å². The second-order valence-electron chi connectivity index (χ2n) is 2.60. The monoisotopic (exact) mass is 234 g/mol. The van der Waals surface area contributed by atoms with Gasteiger partial charge < -0.3 is 15.2 Å². The second kappa shape index (κ2) is 8.48. The summed E-state index contributed by atoms with van der Waals surface area (Å²) in [5.74, 6) is -1.62. The Morgan fingerprint density at radius 2 is 2.00 bits per heavy atom. The number of hydroxylamine groups is 1. The topological polar surface area (TPSA) is 114 Å². The first-order chi connectivity index (χ1) is 7.56. The Morgan fingerprint density at radius 1 is 1.31 bits per heavy atom. The van der Waals surface area contributed by atoms with Gasteiger partial charge in [0.25, 0.3) is 0 Å². The van der Waals surface area contributed by atoms with Crippen molar-refractivity contribution >= 4 is 18.0 Å². The molecule has 0 aromatic rings. The van der Waals surface area contributed by atoms with Crippen molar-refractivity contribution in [2.24, 2.45) is 0 Å². The molecule has 0 aliphatic carbocycles. The van der Waals surface area contributed by atoms with Crippen LogP contribution in [0.4, 0.5) is 4.79 Å². The van der Waals surface area contributed by atoms with Gasteiger partial charge in [0.1, 0.15) is 0 Å². The smallest absolute Gasteiger partial charge is 0.338 e. The number of urea groups is 1. The van der Waals surface area contributed by atoms with E-state index < -0.39 is 24.6 Å². The Hall–Kier alpha value is -1.83. The summed E-state index contributed by atoms with van der Waals surface area (Å²) in [6, 6.07) is -0.717.